The highest BCUT2D eigenvalue weighted by Crippen LogP contribution is 2.42. The molecule has 0 radical (unpaired) electrons. The quantitative estimate of drug-likeness (QED) is 0.280. The van der Waals surface area contributed by atoms with E-state index < -0.39 is 17.3 Å². The van der Waals surface area contributed by atoms with E-state index >= 15 is 0 Å². The number of rotatable bonds is 9. The summed E-state index contributed by atoms with van der Waals surface area (Å²) in [6.45, 7) is 1.48. The van der Waals surface area contributed by atoms with Gasteiger partial charge in [-0.25, -0.2) is 0 Å². The Morgan fingerprint density at radius 1 is 1.18 bits per heavy atom. The molecule has 0 saturated carbocycles. The summed E-state index contributed by atoms with van der Waals surface area (Å²) in [5.41, 5.74) is -1.14. The monoisotopic (exact) mass is 568 g/mol. The summed E-state index contributed by atoms with van der Waals surface area (Å²) in [6.07, 6.45) is -0.626. The zero-order valence-electron chi connectivity index (χ0n) is 20.5. The van der Waals surface area contributed by atoms with Crippen LogP contribution >= 0.6 is 23.4 Å². The molecule has 3 N–H and O–H groups in total. The molecule has 4 rings (SSSR count). The number of phenols is 1. The van der Waals surface area contributed by atoms with Crippen molar-refractivity contribution in [1.82, 2.24) is 9.88 Å². The molecule has 38 heavy (non-hydrogen) atoms. The average molecular weight is 569 g/mol. The molecule has 0 amide bonds. The lowest BCUT2D eigenvalue weighted by atomic mass is 9.98. The number of hydrogen-bond donors (Lipinski definition) is 3. The van der Waals surface area contributed by atoms with Crippen molar-refractivity contribution < 1.29 is 28.2 Å². The van der Waals surface area contributed by atoms with Crippen LogP contribution in [-0.2, 0) is 11.0 Å². The molecule has 1 atom stereocenters. The Kier molecular flexibility index (Phi) is 9.07. The predicted octanol–water partition coefficient (Wildman–Crippen LogP) is 5.86. The summed E-state index contributed by atoms with van der Waals surface area (Å²) in [5.74, 6) is -0.444. The number of alkyl halides is 3. The maximum absolute atomic E-state index is 13.5. The smallest absolute Gasteiger partial charge is 0.416 e. The number of thioether (sulfide) groups is 1. The van der Waals surface area contributed by atoms with E-state index in [1.54, 1.807) is 0 Å². The van der Waals surface area contributed by atoms with Crippen LogP contribution < -0.4 is 5.56 Å². The normalized spacial score (nSPS) is 16.7. The van der Waals surface area contributed by atoms with Crippen LogP contribution in [0.25, 0.3) is 22.0 Å². The maximum atomic E-state index is 13.5. The zero-order chi connectivity index (χ0) is 27.4. The molecule has 1 saturated heterocycles. The van der Waals surface area contributed by atoms with E-state index in [9.17, 15) is 33.0 Å². The number of aliphatic hydroxyl groups excluding tert-OH is 1. The number of ketones is 1. The highest BCUT2D eigenvalue weighted by molar-refractivity contribution is 8.00. The number of aromatic hydroxyl groups is 1. The third-order valence-electron chi connectivity index (χ3n) is 6.79. The second kappa shape index (κ2) is 12.1. The van der Waals surface area contributed by atoms with Gasteiger partial charge in [0.15, 0.2) is 0 Å². The number of halogens is 4. The van der Waals surface area contributed by atoms with Gasteiger partial charge in [-0.2, -0.15) is 13.2 Å². The Hall–Kier alpha value is -2.53. The molecule has 11 heteroatoms. The molecule has 204 valence electrons. The van der Waals surface area contributed by atoms with Crippen molar-refractivity contribution in [1.29, 1.82) is 0 Å². The van der Waals surface area contributed by atoms with Crippen LogP contribution in [0.15, 0.2) is 46.1 Å². The molecule has 1 aliphatic rings. The number of Topliss-reactive ketones (excluding diaryl/α,β-unsaturated/α-hetero) is 1. The Morgan fingerprint density at radius 2 is 1.97 bits per heavy atom. The fourth-order valence-corrected chi connectivity index (χ4v) is 6.06. The summed E-state index contributed by atoms with van der Waals surface area (Å²) in [7, 11) is 0. The van der Waals surface area contributed by atoms with Crippen molar-refractivity contribution >= 4 is 40.0 Å². The molecule has 1 fully saturated rings. The number of benzene rings is 2. The van der Waals surface area contributed by atoms with Gasteiger partial charge in [0.1, 0.15) is 11.5 Å². The molecule has 3 aromatic rings. The van der Waals surface area contributed by atoms with E-state index in [0.29, 0.717) is 13.0 Å². The van der Waals surface area contributed by atoms with Crippen molar-refractivity contribution in [2.24, 2.45) is 0 Å². The van der Waals surface area contributed by atoms with E-state index in [1.807, 2.05) is 0 Å². The topological polar surface area (TPSA) is 93.6 Å². The summed E-state index contributed by atoms with van der Waals surface area (Å²) in [4.78, 5) is 30.7. The van der Waals surface area contributed by atoms with Gasteiger partial charge in [0, 0.05) is 52.7 Å². The number of nitrogens with one attached hydrogen (secondary N) is 1. The molecule has 6 nitrogen and oxygen atoms in total. The van der Waals surface area contributed by atoms with Gasteiger partial charge >= 0.3 is 6.18 Å². The summed E-state index contributed by atoms with van der Waals surface area (Å²) < 4.78 is 40.6. The van der Waals surface area contributed by atoms with Crippen LogP contribution in [0.3, 0.4) is 0 Å². The first kappa shape index (κ1) is 28.5. The second-order valence-corrected chi connectivity index (χ2v) is 10.8. The number of fused-ring (bicyclic) bond motifs is 1. The zero-order valence-corrected chi connectivity index (χ0v) is 22.1. The molecule has 2 heterocycles. The standard InChI is InChI=1S/C27H28ClF3N2O4S/c28-17-5-7-23(36)21(14-17)24-20-13-16(27(29,30)31)4-6-22(20)32-26(37)25(24)38-15-19(35)8-11-33-10-2-1-3-18(33)9-12-34/h4-7,13-14,18,34,36H,1-3,8-12,15H2,(H,32,37). The first-order valence-electron chi connectivity index (χ1n) is 12.3. The highest BCUT2D eigenvalue weighted by Gasteiger charge is 2.31. The summed E-state index contributed by atoms with van der Waals surface area (Å²) in [5, 5.41) is 20.2. The van der Waals surface area contributed by atoms with Gasteiger partial charge in [0.25, 0.3) is 5.56 Å². The van der Waals surface area contributed by atoms with E-state index in [-0.39, 0.29) is 68.3 Å². The van der Waals surface area contributed by atoms with Crippen molar-refractivity contribution in [3.05, 3.63) is 57.3 Å². The van der Waals surface area contributed by atoms with Crippen LogP contribution in [0.5, 0.6) is 5.75 Å². The Bertz CT molecular complexity index is 1380. The number of aromatic nitrogens is 1. The lowest BCUT2D eigenvalue weighted by Gasteiger charge is -2.35. The molecule has 1 aliphatic heterocycles. The number of H-pyrrole nitrogens is 1. The minimum Gasteiger partial charge on any atom is -0.507 e. The number of carbonyl (C=O) groups excluding carboxylic acids is 1. The van der Waals surface area contributed by atoms with Gasteiger partial charge in [-0.1, -0.05) is 18.0 Å². The van der Waals surface area contributed by atoms with Gasteiger partial charge in [-0.15, -0.1) is 11.8 Å². The van der Waals surface area contributed by atoms with E-state index in [0.717, 1.165) is 49.7 Å². The van der Waals surface area contributed by atoms with Crippen molar-refractivity contribution in [2.75, 3.05) is 25.4 Å². The minimum absolute atomic E-state index is 0.0267. The summed E-state index contributed by atoms with van der Waals surface area (Å²) in [6, 6.07) is 7.32. The molecule has 1 unspecified atom stereocenters. The molecule has 1 aromatic heterocycles. The molecule has 0 bridgehead atoms. The average Bonchev–Trinajstić information content (AvgIpc) is 2.87. The van der Waals surface area contributed by atoms with Crippen LogP contribution in [0.2, 0.25) is 5.02 Å². The van der Waals surface area contributed by atoms with Gasteiger partial charge in [-0.05, 0) is 62.2 Å². The molecule has 2 aromatic carbocycles. The fourth-order valence-electron chi connectivity index (χ4n) is 4.89. The summed E-state index contributed by atoms with van der Waals surface area (Å²) >= 11 is 7.06. The Labute approximate surface area is 226 Å². The Morgan fingerprint density at radius 3 is 2.71 bits per heavy atom. The second-order valence-electron chi connectivity index (χ2n) is 9.35. The lowest BCUT2D eigenvalue weighted by molar-refractivity contribution is -0.137. The number of hydrogen-bond acceptors (Lipinski definition) is 6. The molecule has 0 aliphatic carbocycles. The number of pyridine rings is 1. The third-order valence-corrected chi connectivity index (χ3v) is 8.17. The Balaban J connectivity index is 1.66. The van der Waals surface area contributed by atoms with E-state index in [2.05, 4.69) is 9.88 Å². The number of likely N-dealkylation sites (tertiary alicyclic amines) is 1. The fraction of sp³-hybridized carbons (Fsp3) is 0.407. The van der Waals surface area contributed by atoms with Crippen LogP contribution in [0, 0.1) is 0 Å². The van der Waals surface area contributed by atoms with Crippen LogP contribution in [-0.4, -0.2) is 57.4 Å². The number of piperidine rings is 1. The number of nitrogens with zero attached hydrogens (tertiary/aromatic N) is 1. The van der Waals surface area contributed by atoms with E-state index in [1.165, 1.54) is 24.3 Å². The largest absolute Gasteiger partial charge is 0.507 e. The molecule has 0 spiro atoms. The predicted molar refractivity (Wildman–Crippen MR) is 143 cm³/mol. The van der Waals surface area contributed by atoms with Crippen LogP contribution in [0.1, 0.15) is 37.7 Å². The van der Waals surface area contributed by atoms with Crippen molar-refractivity contribution in [3.8, 4) is 16.9 Å². The van der Waals surface area contributed by atoms with E-state index in [4.69, 9.17) is 11.6 Å². The SMILES string of the molecule is O=C(CCN1CCCCC1CCO)CSc1c(-c2cc(Cl)ccc2O)c2cc(C(F)(F)F)ccc2[nH]c1=O. The van der Waals surface area contributed by atoms with Gasteiger partial charge in [0.05, 0.1) is 16.2 Å². The highest BCUT2D eigenvalue weighted by atomic mass is 35.5. The first-order valence-corrected chi connectivity index (χ1v) is 13.7. The first-order chi connectivity index (χ1) is 18.1. The lowest BCUT2D eigenvalue weighted by Crippen LogP contribution is -2.41. The van der Waals surface area contributed by atoms with Gasteiger partial charge in [-0.3, -0.25) is 14.5 Å². The van der Waals surface area contributed by atoms with Crippen molar-refractivity contribution in [2.45, 2.75) is 49.2 Å². The molecular formula is C27H28ClF3N2O4S. The van der Waals surface area contributed by atoms with Gasteiger partial charge < -0.3 is 15.2 Å². The maximum Gasteiger partial charge on any atom is 0.416 e. The third kappa shape index (κ3) is 6.54. The number of aromatic amines is 1. The molecular weight excluding hydrogens is 541 g/mol. The van der Waals surface area contributed by atoms with Crippen LogP contribution in [0.4, 0.5) is 13.2 Å². The number of carbonyl (C=O) groups is 1. The number of phenolic OH excluding ortho intramolecular Hbond substituents is 1. The minimum atomic E-state index is -4.62. The van der Waals surface area contributed by atoms with Gasteiger partial charge in [0.2, 0.25) is 0 Å². The number of aliphatic hydroxyl groups is 1. The van der Waals surface area contributed by atoms with Crippen molar-refractivity contribution in [3.63, 3.8) is 0 Å².